The standard InChI is InChI=1S/C17H25N3O3/c1-17(11-18)7-9-19(12-17)15(21)13-5-2-3-8-20(13)16(22)14-6-4-10-23-14/h4,6,10,13H,2-3,5,7-9,11-12,18H2,1H3. The van der Waals surface area contributed by atoms with Crippen LogP contribution in [0.4, 0.5) is 0 Å². The van der Waals surface area contributed by atoms with Crippen molar-refractivity contribution in [2.75, 3.05) is 26.2 Å². The summed E-state index contributed by atoms with van der Waals surface area (Å²) in [6.07, 6.45) is 5.04. The minimum Gasteiger partial charge on any atom is -0.459 e. The number of carbonyl (C=O) groups excluding carboxylic acids is 2. The van der Waals surface area contributed by atoms with Crippen molar-refractivity contribution in [3.05, 3.63) is 24.2 Å². The number of nitrogens with two attached hydrogens (primary N) is 1. The van der Waals surface area contributed by atoms with Crippen LogP contribution in [0, 0.1) is 5.41 Å². The molecule has 0 radical (unpaired) electrons. The van der Waals surface area contributed by atoms with Gasteiger partial charge in [-0.1, -0.05) is 6.92 Å². The lowest BCUT2D eigenvalue weighted by molar-refractivity contribution is -0.136. The van der Waals surface area contributed by atoms with E-state index in [0.29, 0.717) is 25.4 Å². The Hall–Kier alpha value is -1.82. The SMILES string of the molecule is CC1(CN)CCN(C(=O)C2CCCCN2C(=O)c2ccco2)C1. The largest absolute Gasteiger partial charge is 0.459 e. The summed E-state index contributed by atoms with van der Waals surface area (Å²) in [5, 5.41) is 0. The van der Waals surface area contributed by atoms with Crippen LogP contribution in [-0.4, -0.2) is 53.8 Å². The molecule has 6 nitrogen and oxygen atoms in total. The number of likely N-dealkylation sites (tertiary alicyclic amines) is 2. The lowest BCUT2D eigenvalue weighted by atomic mass is 9.90. The van der Waals surface area contributed by atoms with Crippen molar-refractivity contribution in [2.24, 2.45) is 11.1 Å². The average molecular weight is 319 g/mol. The van der Waals surface area contributed by atoms with E-state index in [1.54, 1.807) is 17.0 Å². The van der Waals surface area contributed by atoms with E-state index in [1.165, 1.54) is 6.26 Å². The highest BCUT2D eigenvalue weighted by Crippen LogP contribution is 2.31. The summed E-state index contributed by atoms with van der Waals surface area (Å²) in [6.45, 7) is 4.72. The first-order valence-corrected chi connectivity index (χ1v) is 8.37. The highest BCUT2D eigenvalue weighted by Gasteiger charge is 2.41. The van der Waals surface area contributed by atoms with Crippen LogP contribution < -0.4 is 5.73 Å². The number of piperidine rings is 1. The van der Waals surface area contributed by atoms with E-state index in [-0.39, 0.29) is 23.3 Å². The number of nitrogens with zero attached hydrogens (tertiary/aromatic N) is 2. The fourth-order valence-electron chi connectivity index (χ4n) is 3.56. The molecule has 2 N–H and O–H groups in total. The molecule has 126 valence electrons. The molecular formula is C17H25N3O3. The predicted octanol–water partition coefficient (Wildman–Crippen LogP) is 1.47. The molecule has 2 atom stereocenters. The lowest BCUT2D eigenvalue weighted by Gasteiger charge is -2.36. The second-order valence-electron chi connectivity index (χ2n) is 7.01. The number of amides is 2. The van der Waals surface area contributed by atoms with Gasteiger partial charge in [-0.05, 0) is 49.8 Å². The zero-order valence-electron chi connectivity index (χ0n) is 13.7. The van der Waals surface area contributed by atoms with Gasteiger partial charge >= 0.3 is 0 Å². The summed E-state index contributed by atoms with van der Waals surface area (Å²) in [6, 6.07) is 2.97. The zero-order valence-corrected chi connectivity index (χ0v) is 13.7. The van der Waals surface area contributed by atoms with Gasteiger partial charge < -0.3 is 20.0 Å². The first-order valence-electron chi connectivity index (χ1n) is 8.37. The molecule has 2 saturated heterocycles. The molecule has 1 aromatic heterocycles. The van der Waals surface area contributed by atoms with Gasteiger partial charge in [0.2, 0.25) is 5.91 Å². The highest BCUT2D eigenvalue weighted by molar-refractivity contribution is 5.95. The van der Waals surface area contributed by atoms with Crippen molar-refractivity contribution in [3.8, 4) is 0 Å². The Morgan fingerprint density at radius 1 is 1.39 bits per heavy atom. The highest BCUT2D eigenvalue weighted by atomic mass is 16.3. The van der Waals surface area contributed by atoms with E-state index in [9.17, 15) is 9.59 Å². The van der Waals surface area contributed by atoms with Crippen LogP contribution in [0.15, 0.2) is 22.8 Å². The number of rotatable bonds is 3. The third kappa shape index (κ3) is 3.13. The molecule has 0 saturated carbocycles. The van der Waals surface area contributed by atoms with Gasteiger partial charge in [0, 0.05) is 19.6 Å². The third-order valence-electron chi connectivity index (χ3n) is 5.14. The summed E-state index contributed by atoms with van der Waals surface area (Å²) in [7, 11) is 0. The van der Waals surface area contributed by atoms with E-state index >= 15 is 0 Å². The Bertz CT molecular complexity index is 572. The van der Waals surface area contributed by atoms with Crippen LogP contribution in [0.2, 0.25) is 0 Å². The minimum absolute atomic E-state index is 0.000176. The molecule has 3 heterocycles. The van der Waals surface area contributed by atoms with E-state index in [4.69, 9.17) is 10.2 Å². The van der Waals surface area contributed by atoms with E-state index in [0.717, 1.165) is 32.2 Å². The molecule has 2 fully saturated rings. The molecule has 0 spiro atoms. The second-order valence-corrected chi connectivity index (χ2v) is 7.01. The van der Waals surface area contributed by atoms with Crippen LogP contribution in [0.25, 0.3) is 0 Å². The quantitative estimate of drug-likeness (QED) is 0.915. The van der Waals surface area contributed by atoms with Crippen molar-refractivity contribution in [1.82, 2.24) is 9.80 Å². The van der Waals surface area contributed by atoms with Gasteiger partial charge in [0.05, 0.1) is 6.26 Å². The van der Waals surface area contributed by atoms with Gasteiger partial charge in [0.25, 0.3) is 5.91 Å². The smallest absolute Gasteiger partial charge is 0.290 e. The normalized spacial score (nSPS) is 28.2. The molecule has 0 bridgehead atoms. The lowest BCUT2D eigenvalue weighted by Crippen LogP contribution is -2.53. The van der Waals surface area contributed by atoms with Gasteiger partial charge in [-0.15, -0.1) is 0 Å². The molecule has 3 rings (SSSR count). The van der Waals surface area contributed by atoms with Crippen LogP contribution in [0.5, 0.6) is 0 Å². The Morgan fingerprint density at radius 3 is 2.87 bits per heavy atom. The number of carbonyl (C=O) groups is 2. The van der Waals surface area contributed by atoms with E-state index in [1.807, 2.05) is 4.90 Å². The van der Waals surface area contributed by atoms with Crippen molar-refractivity contribution >= 4 is 11.8 Å². The number of hydrogen-bond donors (Lipinski definition) is 1. The zero-order chi connectivity index (χ0) is 16.4. The third-order valence-corrected chi connectivity index (χ3v) is 5.14. The number of furan rings is 1. The minimum atomic E-state index is -0.374. The first-order chi connectivity index (χ1) is 11.0. The molecule has 2 unspecified atom stereocenters. The summed E-state index contributed by atoms with van der Waals surface area (Å²) in [4.78, 5) is 29.1. The van der Waals surface area contributed by atoms with Crippen LogP contribution in [0.1, 0.15) is 43.2 Å². The van der Waals surface area contributed by atoms with Crippen LogP contribution in [0.3, 0.4) is 0 Å². The van der Waals surface area contributed by atoms with Crippen LogP contribution >= 0.6 is 0 Å². The Balaban J connectivity index is 1.74. The molecule has 2 aliphatic heterocycles. The van der Waals surface area contributed by atoms with Gasteiger partial charge in [-0.2, -0.15) is 0 Å². The monoisotopic (exact) mass is 319 g/mol. The fourth-order valence-corrected chi connectivity index (χ4v) is 3.56. The van der Waals surface area contributed by atoms with Crippen molar-refractivity contribution in [3.63, 3.8) is 0 Å². The van der Waals surface area contributed by atoms with Crippen molar-refractivity contribution in [2.45, 2.75) is 38.6 Å². The molecule has 0 aromatic carbocycles. The number of hydrogen-bond acceptors (Lipinski definition) is 4. The maximum absolute atomic E-state index is 12.9. The van der Waals surface area contributed by atoms with Gasteiger partial charge in [0.1, 0.15) is 6.04 Å². The molecule has 1 aromatic rings. The average Bonchev–Trinajstić information content (AvgIpc) is 3.24. The summed E-state index contributed by atoms with van der Waals surface area (Å²) in [5.74, 6) is 0.175. The van der Waals surface area contributed by atoms with Gasteiger partial charge in [0.15, 0.2) is 5.76 Å². The summed E-state index contributed by atoms with van der Waals surface area (Å²) < 4.78 is 5.22. The molecule has 23 heavy (non-hydrogen) atoms. The molecule has 2 amide bonds. The molecular weight excluding hydrogens is 294 g/mol. The maximum atomic E-state index is 12.9. The second kappa shape index (κ2) is 6.35. The Labute approximate surface area is 136 Å². The fraction of sp³-hybridized carbons (Fsp3) is 0.647. The van der Waals surface area contributed by atoms with E-state index < -0.39 is 0 Å². The van der Waals surface area contributed by atoms with E-state index in [2.05, 4.69) is 6.92 Å². The first kappa shape index (κ1) is 16.1. The van der Waals surface area contributed by atoms with Gasteiger partial charge in [-0.25, -0.2) is 0 Å². The topological polar surface area (TPSA) is 79.8 Å². The van der Waals surface area contributed by atoms with Gasteiger partial charge in [-0.3, -0.25) is 9.59 Å². The molecule has 0 aliphatic carbocycles. The van der Waals surface area contributed by atoms with Crippen LogP contribution in [-0.2, 0) is 4.79 Å². The molecule has 6 heteroatoms. The summed E-state index contributed by atoms with van der Waals surface area (Å²) in [5.41, 5.74) is 5.83. The molecule has 2 aliphatic rings. The summed E-state index contributed by atoms with van der Waals surface area (Å²) >= 11 is 0. The maximum Gasteiger partial charge on any atom is 0.290 e. The van der Waals surface area contributed by atoms with Crippen molar-refractivity contribution in [1.29, 1.82) is 0 Å². The van der Waals surface area contributed by atoms with Crippen molar-refractivity contribution < 1.29 is 14.0 Å². The Kier molecular flexibility index (Phi) is 4.43. The Morgan fingerprint density at radius 2 is 2.22 bits per heavy atom. The predicted molar refractivity (Wildman–Crippen MR) is 85.7 cm³/mol.